The zero-order valence-corrected chi connectivity index (χ0v) is 12.8. The van der Waals surface area contributed by atoms with E-state index in [2.05, 4.69) is 16.7 Å². The fraction of sp³-hybridized carbons (Fsp3) is 0.222. The molecule has 5 nitrogen and oxygen atoms in total. The van der Waals surface area contributed by atoms with Gasteiger partial charge < -0.3 is 15.4 Å². The van der Waals surface area contributed by atoms with Crippen molar-refractivity contribution in [3.8, 4) is 11.8 Å². The van der Waals surface area contributed by atoms with Gasteiger partial charge in [0.05, 0.1) is 24.3 Å². The summed E-state index contributed by atoms with van der Waals surface area (Å²) in [6, 6.07) is 14.6. The predicted molar refractivity (Wildman–Crippen MR) is 87.3 cm³/mol. The number of para-hydroxylation sites is 1. The van der Waals surface area contributed by atoms with Gasteiger partial charge >= 0.3 is 6.03 Å². The Bertz CT molecular complexity index is 780. The second kappa shape index (κ2) is 6.41. The molecule has 116 valence electrons. The van der Waals surface area contributed by atoms with Gasteiger partial charge in [0.15, 0.2) is 0 Å². The number of amides is 2. The smallest absolute Gasteiger partial charge is 0.319 e. The van der Waals surface area contributed by atoms with Crippen molar-refractivity contribution in [3.05, 3.63) is 59.2 Å². The molecule has 1 aliphatic rings. The van der Waals surface area contributed by atoms with Crippen LogP contribution in [0, 0.1) is 18.3 Å². The van der Waals surface area contributed by atoms with Crippen molar-refractivity contribution in [2.45, 2.75) is 19.4 Å². The van der Waals surface area contributed by atoms with E-state index in [1.54, 1.807) is 12.1 Å². The monoisotopic (exact) mass is 307 g/mol. The van der Waals surface area contributed by atoms with Gasteiger partial charge in [0, 0.05) is 17.7 Å². The Kier molecular flexibility index (Phi) is 4.15. The quantitative estimate of drug-likeness (QED) is 0.891. The summed E-state index contributed by atoms with van der Waals surface area (Å²) < 4.78 is 5.60. The minimum atomic E-state index is -0.287. The van der Waals surface area contributed by atoms with Crippen molar-refractivity contribution in [3.63, 3.8) is 0 Å². The highest BCUT2D eigenvalue weighted by Crippen LogP contribution is 2.31. The molecular weight excluding hydrogens is 290 g/mol. The van der Waals surface area contributed by atoms with E-state index in [9.17, 15) is 4.79 Å². The highest BCUT2D eigenvalue weighted by molar-refractivity contribution is 5.90. The fourth-order valence-corrected chi connectivity index (χ4v) is 2.63. The Morgan fingerprint density at radius 2 is 2.13 bits per heavy atom. The number of fused-ring (bicyclic) bond motifs is 1. The van der Waals surface area contributed by atoms with Crippen LogP contribution in [-0.2, 0) is 0 Å². The van der Waals surface area contributed by atoms with E-state index in [1.807, 2.05) is 37.3 Å². The first kappa shape index (κ1) is 14.9. The van der Waals surface area contributed by atoms with Gasteiger partial charge in [-0.05, 0) is 30.7 Å². The Labute approximate surface area is 134 Å². The molecule has 0 radical (unpaired) electrons. The lowest BCUT2D eigenvalue weighted by Crippen LogP contribution is -2.35. The molecule has 0 saturated carbocycles. The first-order chi connectivity index (χ1) is 11.2. The van der Waals surface area contributed by atoms with Crippen LogP contribution in [0.25, 0.3) is 0 Å². The molecule has 0 unspecified atom stereocenters. The highest BCUT2D eigenvalue weighted by Gasteiger charge is 2.22. The second-order valence-electron chi connectivity index (χ2n) is 5.47. The van der Waals surface area contributed by atoms with Crippen LogP contribution >= 0.6 is 0 Å². The number of rotatable bonds is 2. The van der Waals surface area contributed by atoms with Gasteiger partial charge in [-0.3, -0.25) is 0 Å². The van der Waals surface area contributed by atoms with Gasteiger partial charge in [-0.25, -0.2) is 4.79 Å². The fourth-order valence-electron chi connectivity index (χ4n) is 2.63. The van der Waals surface area contributed by atoms with Gasteiger partial charge in [0.25, 0.3) is 0 Å². The molecule has 0 spiro atoms. The van der Waals surface area contributed by atoms with Crippen molar-refractivity contribution < 1.29 is 9.53 Å². The lowest BCUT2D eigenvalue weighted by molar-refractivity contribution is 0.232. The molecule has 3 rings (SSSR count). The summed E-state index contributed by atoms with van der Waals surface area (Å²) in [7, 11) is 0. The van der Waals surface area contributed by atoms with E-state index < -0.39 is 0 Å². The molecule has 0 aromatic heterocycles. The highest BCUT2D eigenvalue weighted by atomic mass is 16.5. The average Bonchev–Trinajstić information content (AvgIpc) is 2.57. The number of carbonyl (C=O) groups is 1. The van der Waals surface area contributed by atoms with Crippen molar-refractivity contribution >= 4 is 11.7 Å². The maximum atomic E-state index is 12.3. The predicted octanol–water partition coefficient (Wildman–Crippen LogP) is 3.51. The molecule has 1 atom stereocenters. The second-order valence-corrected chi connectivity index (χ2v) is 5.47. The summed E-state index contributed by atoms with van der Waals surface area (Å²) in [6.45, 7) is 2.46. The van der Waals surface area contributed by atoms with Gasteiger partial charge in [0.2, 0.25) is 0 Å². The molecule has 0 fully saturated rings. The van der Waals surface area contributed by atoms with Crippen LogP contribution < -0.4 is 15.4 Å². The van der Waals surface area contributed by atoms with Gasteiger partial charge in [-0.2, -0.15) is 5.26 Å². The topological polar surface area (TPSA) is 74.2 Å². The SMILES string of the molecule is Cc1ccc(C#N)cc1NC(=O)N[C@H]1CCOc2ccccc21. The van der Waals surface area contributed by atoms with Crippen molar-refractivity contribution in [1.29, 1.82) is 5.26 Å². The molecule has 0 bridgehead atoms. The Hall–Kier alpha value is -3.00. The van der Waals surface area contributed by atoms with Crippen LogP contribution in [0.15, 0.2) is 42.5 Å². The number of hydrogen-bond acceptors (Lipinski definition) is 3. The van der Waals surface area contributed by atoms with E-state index in [0.717, 1.165) is 23.3 Å². The zero-order chi connectivity index (χ0) is 16.2. The maximum Gasteiger partial charge on any atom is 0.319 e. The number of hydrogen-bond donors (Lipinski definition) is 2. The molecule has 2 amide bonds. The summed E-state index contributed by atoms with van der Waals surface area (Å²) in [5.74, 6) is 0.812. The van der Waals surface area contributed by atoms with Crippen molar-refractivity contribution in [2.75, 3.05) is 11.9 Å². The summed E-state index contributed by atoms with van der Waals surface area (Å²) in [6.07, 6.45) is 0.724. The third-order valence-corrected chi connectivity index (χ3v) is 3.88. The Balaban J connectivity index is 1.73. The number of urea groups is 1. The van der Waals surface area contributed by atoms with Crippen LogP contribution in [0.2, 0.25) is 0 Å². The van der Waals surface area contributed by atoms with Crippen LogP contribution in [-0.4, -0.2) is 12.6 Å². The number of benzene rings is 2. The summed E-state index contributed by atoms with van der Waals surface area (Å²) in [5.41, 5.74) is 3.05. The van der Waals surface area contributed by atoms with E-state index in [1.165, 1.54) is 0 Å². The number of ether oxygens (including phenoxy) is 1. The standard InChI is InChI=1S/C18H17N3O2/c1-12-6-7-13(11-19)10-16(12)21-18(22)20-15-8-9-23-17-5-3-2-4-14(15)17/h2-7,10,15H,8-9H2,1H3,(H2,20,21,22)/t15-/m0/s1. The Morgan fingerprint density at radius 1 is 1.30 bits per heavy atom. The van der Waals surface area contributed by atoms with Crippen molar-refractivity contribution in [1.82, 2.24) is 5.32 Å². The van der Waals surface area contributed by atoms with Gasteiger partial charge in [0.1, 0.15) is 5.75 Å². The molecule has 2 N–H and O–H groups in total. The van der Waals surface area contributed by atoms with Gasteiger partial charge in [-0.15, -0.1) is 0 Å². The van der Waals surface area contributed by atoms with Gasteiger partial charge in [-0.1, -0.05) is 24.3 Å². The largest absolute Gasteiger partial charge is 0.493 e. The summed E-state index contributed by atoms with van der Waals surface area (Å²) in [4.78, 5) is 12.3. The van der Waals surface area contributed by atoms with Crippen LogP contribution in [0.5, 0.6) is 5.75 Å². The van der Waals surface area contributed by atoms with Crippen LogP contribution in [0.3, 0.4) is 0 Å². The number of nitrogens with zero attached hydrogens (tertiary/aromatic N) is 1. The van der Waals surface area contributed by atoms with Crippen LogP contribution in [0.1, 0.15) is 29.2 Å². The van der Waals surface area contributed by atoms with E-state index >= 15 is 0 Å². The van der Waals surface area contributed by atoms with Crippen LogP contribution in [0.4, 0.5) is 10.5 Å². The zero-order valence-electron chi connectivity index (χ0n) is 12.8. The number of anilines is 1. The minimum absolute atomic E-state index is 0.0839. The summed E-state index contributed by atoms with van der Waals surface area (Å²) >= 11 is 0. The molecule has 1 heterocycles. The molecule has 2 aromatic rings. The van der Waals surface area contributed by atoms with E-state index in [4.69, 9.17) is 10.00 Å². The first-order valence-electron chi connectivity index (χ1n) is 7.47. The third kappa shape index (κ3) is 3.27. The normalized spacial score (nSPS) is 15.7. The third-order valence-electron chi connectivity index (χ3n) is 3.88. The van der Waals surface area contributed by atoms with E-state index in [0.29, 0.717) is 17.9 Å². The average molecular weight is 307 g/mol. The molecule has 0 saturated heterocycles. The number of nitrogens with one attached hydrogen (secondary N) is 2. The molecule has 1 aliphatic heterocycles. The molecule has 0 aliphatic carbocycles. The lowest BCUT2D eigenvalue weighted by Gasteiger charge is -2.26. The molecule has 5 heteroatoms. The lowest BCUT2D eigenvalue weighted by atomic mass is 10.0. The number of nitriles is 1. The van der Waals surface area contributed by atoms with E-state index in [-0.39, 0.29) is 12.1 Å². The number of aryl methyl sites for hydroxylation is 1. The minimum Gasteiger partial charge on any atom is -0.493 e. The molecular formula is C18H17N3O2. The Morgan fingerprint density at radius 3 is 2.96 bits per heavy atom. The first-order valence-corrected chi connectivity index (χ1v) is 7.47. The number of carbonyl (C=O) groups excluding carboxylic acids is 1. The molecule has 2 aromatic carbocycles. The molecule has 23 heavy (non-hydrogen) atoms. The summed E-state index contributed by atoms with van der Waals surface area (Å²) in [5, 5.41) is 14.8. The van der Waals surface area contributed by atoms with Crippen molar-refractivity contribution in [2.24, 2.45) is 0 Å². The maximum absolute atomic E-state index is 12.3.